The summed E-state index contributed by atoms with van der Waals surface area (Å²) in [6, 6.07) is 15.6. The Hall–Kier alpha value is -3.87. The van der Waals surface area contributed by atoms with Gasteiger partial charge in [0, 0.05) is 19.0 Å². The van der Waals surface area contributed by atoms with Crippen LogP contribution in [0, 0.1) is 0 Å². The smallest absolute Gasteiger partial charge is 0.294 e. The highest BCUT2D eigenvalue weighted by molar-refractivity contribution is 6.10. The van der Waals surface area contributed by atoms with Crippen molar-refractivity contribution in [2.24, 2.45) is 5.73 Å². The lowest BCUT2D eigenvalue weighted by molar-refractivity contribution is -0.117. The lowest BCUT2D eigenvalue weighted by Gasteiger charge is -2.40. The van der Waals surface area contributed by atoms with Crippen LogP contribution >= 0.6 is 0 Å². The van der Waals surface area contributed by atoms with Crippen LogP contribution in [0.25, 0.3) is 11.1 Å². The minimum Gasteiger partial charge on any atom is -0.459 e. The number of amides is 3. The fraction of sp³-hybridized carbons (Fsp3) is 0.174. The highest BCUT2D eigenvalue weighted by Crippen LogP contribution is 2.39. The predicted molar refractivity (Wildman–Crippen MR) is 113 cm³/mol. The number of hydrogen-bond donors (Lipinski definition) is 1. The number of hydrogen-bond acceptors (Lipinski definition) is 4. The molecular weight excluding hydrogens is 382 g/mol. The van der Waals surface area contributed by atoms with Gasteiger partial charge in [0.25, 0.3) is 5.91 Å². The van der Waals surface area contributed by atoms with Crippen LogP contribution in [0.15, 0.2) is 65.3 Å². The third-order valence-corrected chi connectivity index (χ3v) is 5.21. The Bertz CT molecular complexity index is 1140. The maximum atomic E-state index is 13.1. The SMILES string of the molecule is CC(=O)N1c2ccc(-c3cccc(C(N)=O)c3)cc2N(C(=O)c2ccco2)C[C@@H]1C. The van der Waals surface area contributed by atoms with Crippen LogP contribution in [0.5, 0.6) is 0 Å². The summed E-state index contributed by atoms with van der Waals surface area (Å²) in [7, 11) is 0. The van der Waals surface area contributed by atoms with Gasteiger partial charge in [-0.25, -0.2) is 0 Å². The standard InChI is InChI=1S/C23H21N3O4/c1-14-13-25(23(29)21-7-4-10-30-21)20-12-17(8-9-19(20)26(14)15(2)27)16-5-3-6-18(11-16)22(24)28/h3-12,14H,13H2,1-2H3,(H2,24,28)/t14-/m0/s1. The molecule has 1 aliphatic heterocycles. The number of nitrogens with zero attached hydrogens (tertiary/aromatic N) is 2. The Morgan fingerprint density at radius 1 is 1.00 bits per heavy atom. The van der Waals surface area contributed by atoms with Crippen molar-refractivity contribution in [3.05, 3.63) is 72.2 Å². The Kier molecular flexibility index (Phi) is 4.87. The summed E-state index contributed by atoms with van der Waals surface area (Å²) in [6.07, 6.45) is 1.45. The minimum absolute atomic E-state index is 0.0997. The van der Waals surface area contributed by atoms with E-state index in [0.717, 1.165) is 11.1 Å². The number of fused-ring (bicyclic) bond motifs is 1. The first-order valence-electron chi connectivity index (χ1n) is 9.56. The van der Waals surface area contributed by atoms with Gasteiger partial charge in [0.15, 0.2) is 5.76 Å². The van der Waals surface area contributed by atoms with E-state index in [9.17, 15) is 14.4 Å². The van der Waals surface area contributed by atoms with E-state index in [-0.39, 0.29) is 23.6 Å². The molecule has 7 nitrogen and oxygen atoms in total. The third-order valence-electron chi connectivity index (χ3n) is 5.21. The average molecular weight is 403 g/mol. The van der Waals surface area contributed by atoms with E-state index in [1.54, 1.807) is 40.1 Å². The van der Waals surface area contributed by atoms with Gasteiger partial charge in [-0.05, 0) is 54.4 Å². The van der Waals surface area contributed by atoms with Gasteiger partial charge in [-0.3, -0.25) is 14.4 Å². The van der Waals surface area contributed by atoms with Crippen molar-refractivity contribution >= 4 is 29.1 Å². The molecule has 0 bridgehead atoms. The van der Waals surface area contributed by atoms with Crippen LogP contribution in [-0.2, 0) is 4.79 Å². The first-order valence-corrected chi connectivity index (χ1v) is 9.56. The van der Waals surface area contributed by atoms with E-state index >= 15 is 0 Å². The summed E-state index contributed by atoms with van der Waals surface area (Å²) in [5.41, 5.74) is 8.64. The quantitative estimate of drug-likeness (QED) is 0.724. The third kappa shape index (κ3) is 3.34. The Labute approximate surface area is 173 Å². The van der Waals surface area contributed by atoms with E-state index in [4.69, 9.17) is 10.2 Å². The van der Waals surface area contributed by atoms with Crippen LogP contribution in [0.1, 0.15) is 34.8 Å². The molecule has 2 heterocycles. The molecule has 0 fully saturated rings. The molecule has 3 aromatic rings. The summed E-state index contributed by atoms with van der Waals surface area (Å²) in [5.74, 6) is -0.664. The highest BCUT2D eigenvalue weighted by atomic mass is 16.3. The van der Waals surface area contributed by atoms with Crippen molar-refractivity contribution in [3.63, 3.8) is 0 Å². The van der Waals surface area contributed by atoms with Gasteiger partial charge in [0.2, 0.25) is 11.8 Å². The van der Waals surface area contributed by atoms with Gasteiger partial charge in [0.1, 0.15) is 0 Å². The molecule has 2 N–H and O–H groups in total. The van der Waals surface area contributed by atoms with E-state index in [0.29, 0.717) is 23.5 Å². The first-order chi connectivity index (χ1) is 14.4. The lowest BCUT2D eigenvalue weighted by Crippen LogP contribution is -2.51. The van der Waals surface area contributed by atoms with Crippen LogP contribution in [-0.4, -0.2) is 30.3 Å². The molecular formula is C23H21N3O4. The zero-order valence-electron chi connectivity index (χ0n) is 16.7. The second-order valence-corrected chi connectivity index (χ2v) is 7.28. The molecule has 4 rings (SSSR count). The lowest BCUT2D eigenvalue weighted by atomic mass is 9.99. The van der Waals surface area contributed by atoms with Crippen LogP contribution < -0.4 is 15.5 Å². The van der Waals surface area contributed by atoms with Gasteiger partial charge in [-0.2, -0.15) is 0 Å². The number of furan rings is 1. The molecule has 0 aliphatic carbocycles. The van der Waals surface area contributed by atoms with Gasteiger partial charge in [-0.1, -0.05) is 18.2 Å². The molecule has 152 valence electrons. The second-order valence-electron chi connectivity index (χ2n) is 7.28. The molecule has 0 radical (unpaired) electrons. The number of primary amides is 1. The van der Waals surface area contributed by atoms with Crippen molar-refractivity contribution in [1.29, 1.82) is 0 Å². The van der Waals surface area contributed by atoms with Crippen molar-refractivity contribution in [3.8, 4) is 11.1 Å². The van der Waals surface area contributed by atoms with Crippen molar-refractivity contribution in [2.75, 3.05) is 16.3 Å². The molecule has 3 amide bonds. The van der Waals surface area contributed by atoms with Crippen LogP contribution in [0.4, 0.5) is 11.4 Å². The van der Waals surface area contributed by atoms with Crippen molar-refractivity contribution in [2.45, 2.75) is 19.9 Å². The Morgan fingerprint density at radius 3 is 2.43 bits per heavy atom. The minimum atomic E-state index is -0.513. The Morgan fingerprint density at radius 2 is 1.77 bits per heavy atom. The van der Waals surface area contributed by atoms with E-state index in [1.807, 2.05) is 31.2 Å². The van der Waals surface area contributed by atoms with Crippen LogP contribution in [0.2, 0.25) is 0 Å². The van der Waals surface area contributed by atoms with Crippen LogP contribution in [0.3, 0.4) is 0 Å². The molecule has 7 heteroatoms. The van der Waals surface area contributed by atoms with Gasteiger partial charge in [0.05, 0.1) is 23.7 Å². The van der Waals surface area contributed by atoms with E-state index in [1.165, 1.54) is 13.2 Å². The molecule has 1 aliphatic rings. The number of benzene rings is 2. The topological polar surface area (TPSA) is 96.9 Å². The molecule has 0 saturated carbocycles. The fourth-order valence-electron chi connectivity index (χ4n) is 3.86. The predicted octanol–water partition coefficient (Wildman–Crippen LogP) is 3.45. The maximum absolute atomic E-state index is 13.1. The van der Waals surface area contributed by atoms with Crippen molar-refractivity contribution in [1.82, 2.24) is 0 Å². The van der Waals surface area contributed by atoms with Gasteiger partial charge >= 0.3 is 0 Å². The molecule has 0 saturated heterocycles. The normalized spacial score (nSPS) is 15.6. The Balaban J connectivity index is 1.85. The van der Waals surface area contributed by atoms with Gasteiger partial charge in [-0.15, -0.1) is 0 Å². The molecule has 1 atom stereocenters. The molecule has 0 unspecified atom stereocenters. The summed E-state index contributed by atoms with van der Waals surface area (Å²) >= 11 is 0. The largest absolute Gasteiger partial charge is 0.459 e. The molecule has 30 heavy (non-hydrogen) atoms. The van der Waals surface area contributed by atoms with E-state index in [2.05, 4.69) is 0 Å². The number of carbonyl (C=O) groups is 3. The zero-order valence-corrected chi connectivity index (χ0v) is 16.7. The number of nitrogens with two attached hydrogens (primary N) is 1. The fourth-order valence-corrected chi connectivity index (χ4v) is 3.86. The number of anilines is 2. The van der Waals surface area contributed by atoms with Crippen molar-refractivity contribution < 1.29 is 18.8 Å². The monoisotopic (exact) mass is 403 g/mol. The first kappa shape index (κ1) is 19.4. The summed E-state index contributed by atoms with van der Waals surface area (Å²) in [6.45, 7) is 3.74. The summed E-state index contributed by atoms with van der Waals surface area (Å²) < 4.78 is 5.31. The average Bonchev–Trinajstić information content (AvgIpc) is 3.27. The molecule has 0 spiro atoms. The zero-order chi connectivity index (χ0) is 21.4. The number of rotatable bonds is 3. The highest BCUT2D eigenvalue weighted by Gasteiger charge is 2.35. The maximum Gasteiger partial charge on any atom is 0.294 e. The molecule has 2 aromatic carbocycles. The van der Waals surface area contributed by atoms with Gasteiger partial charge < -0.3 is 20.0 Å². The molecule has 1 aromatic heterocycles. The second kappa shape index (κ2) is 7.51. The summed E-state index contributed by atoms with van der Waals surface area (Å²) in [5, 5.41) is 0. The number of carbonyl (C=O) groups excluding carboxylic acids is 3. The van der Waals surface area contributed by atoms with E-state index < -0.39 is 5.91 Å². The summed E-state index contributed by atoms with van der Waals surface area (Å²) in [4.78, 5) is 40.3.